The number of amides is 3. The third-order valence-corrected chi connectivity index (χ3v) is 4.65. The Morgan fingerprint density at radius 1 is 1.26 bits per heavy atom. The van der Waals surface area contributed by atoms with Crippen LogP contribution in [0.4, 0.5) is 4.79 Å². The van der Waals surface area contributed by atoms with Gasteiger partial charge >= 0.3 is 6.03 Å². The molecule has 0 aromatic rings. The maximum absolute atomic E-state index is 11.9. The Bertz CT molecular complexity index is 599. The van der Waals surface area contributed by atoms with Crippen molar-refractivity contribution in [2.24, 2.45) is 0 Å². The zero-order valence-corrected chi connectivity index (χ0v) is 16.2. The summed E-state index contributed by atoms with van der Waals surface area (Å²) in [5, 5.41) is 22.5. The second-order valence-corrected chi connectivity index (χ2v) is 7.25. The van der Waals surface area contributed by atoms with Crippen LogP contribution in [0, 0.1) is 0 Å². The summed E-state index contributed by atoms with van der Waals surface area (Å²) in [5.41, 5.74) is 2.51. The molecule has 0 aromatic carbocycles. The number of hydrogen-bond donors (Lipinski definition) is 3. The lowest BCUT2D eigenvalue weighted by atomic mass is 10.1. The molecule has 8 heteroatoms. The van der Waals surface area contributed by atoms with Crippen LogP contribution in [0.25, 0.3) is 0 Å². The Balaban J connectivity index is 1.78. The Hall–Kier alpha value is -1.74. The van der Waals surface area contributed by atoms with Gasteiger partial charge in [-0.15, -0.1) is 0 Å². The van der Waals surface area contributed by atoms with E-state index in [0.717, 1.165) is 12.8 Å². The molecule has 0 spiro atoms. The molecule has 3 N–H and O–H groups in total. The van der Waals surface area contributed by atoms with Crippen molar-refractivity contribution in [3.05, 3.63) is 23.3 Å². The highest BCUT2D eigenvalue weighted by atomic mass is 16.6. The van der Waals surface area contributed by atoms with E-state index in [0.29, 0.717) is 6.61 Å². The van der Waals surface area contributed by atoms with Gasteiger partial charge < -0.3 is 19.7 Å². The van der Waals surface area contributed by atoms with E-state index < -0.39 is 30.6 Å². The molecule has 152 valence electrons. The Kier molecular flexibility index (Phi) is 7.97. The number of allylic oxidation sites excluding steroid dienone is 3. The van der Waals surface area contributed by atoms with Crippen LogP contribution in [0.2, 0.25) is 0 Å². The van der Waals surface area contributed by atoms with Gasteiger partial charge in [0, 0.05) is 13.0 Å². The van der Waals surface area contributed by atoms with E-state index in [4.69, 9.17) is 9.47 Å². The highest BCUT2D eigenvalue weighted by Gasteiger charge is 2.47. The van der Waals surface area contributed by atoms with Crippen molar-refractivity contribution in [1.82, 2.24) is 10.2 Å². The molecule has 2 aliphatic rings. The minimum atomic E-state index is -1.25. The number of carbonyl (C=O) groups is 2. The van der Waals surface area contributed by atoms with E-state index in [9.17, 15) is 19.8 Å². The predicted octanol–water partition coefficient (Wildman–Crippen LogP) is 1.08. The zero-order chi connectivity index (χ0) is 20.0. The number of aliphatic hydroxyl groups excluding tert-OH is 2. The first-order valence-electron chi connectivity index (χ1n) is 9.28. The molecule has 0 bridgehead atoms. The summed E-state index contributed by atoms with van der Waals surface area (Å²) in [5.74, 6) is -0.365. The average Bonchev–Trinajstić information content (AvgIpc) is 2.87. The van der Waals surface area contributed by atoms with Gasteiger partial charge in [0.25, 0.3) is 0 Å². The van der Waals surface area contributed by atoms with Gasteiger partial charge in [-0.3, -0.25) is 15.0 Å². The molecule has 4 atom stereocenters. The van der Waals surface area contributed by atoms with Gasteiger partial charge in [-0.25, -0.2) is 4.79 Å². The number of nitrogens with zero attached hydrogens (tertiary/aromatic N) is 1. The molecule has 27 heavy (non-hydrogen) atoms. The molecule has 0 saturated carbocycles. The fraction of sp³-hybridized carbons (Fsp3) is 0.684. The molecule has 2 heterocycles. The summed E-state index contributed by atoms with van der Waals surface area (Å²) < 4.78 is 11.2. The summed E-state index contributed by atoms with van der Waals surface area (Å²) in [6.07, 6.45) is 2.10. The Labute approximate surface area is 159 Å². The van der Waals surface area contributed by atoms with Crippen molar-refractivity contribution in [3.8, 4) is 0 Å². The second kappa shape index (κ2) is 9.98. The van der Waals surface area contributed by atoms with Crippen LogP contribution in [-0.4, -0.2) is 71.3 Å². The molecule has 8 nitrogen and oxygen atoms in total. The third kappa shape index (κ3) is 6.14. The molecule has 2 fully saturated rings. The first-order valence-corrected chi connectivity index (χ1v) is 9.28. The standard InChI is InChI=1S/C19H30N2O6/c1-12(2)5-4-6-13(3)8-10-26-11-14-16(23)17(24)18(27-14)21-9-7-15(22)20-19(21)25/h5,8,14,16-18,23-24H,4,6-7,9-11H2,1-3H3,(H,20,22,25)/b13-8+/t14-,16-,17-,18-/m0/s1. The number of urea groups is 1. The average molecular weight is 382 g/mol. The fourth-order valence-corrected chi connectivity index (χ4v) is 3.02. The molecular weight excluding hydrogens is 352 g/mol. The molecule has 2 rings (SSSR count). The monoisotopic (exact) mass is 382 g/mol. The van der Waals surface area contributed by atoms with Crippen LogP contribution in [0.15, 0.2) is 23.3 Å². The van der Waals surface area contributed by atoms with Crippen LogP contribution in [-0.2, 0) is 14.3 Å². The topological polar surface area (TPSA) is 108 Å². The van der Waals surface area contributed by atoms with Crippen LogP contribution >= 0.6 is 0 Å². The molecule has 0 aromatic heterocycles. The lowest BCUT2D eigenvalue weighted by Gasteiger charge is -2.32. The van der Waals surface area contributed by atoms with Crippen molar-refractivity contribution in [1.29, 1.82) is 0 Å². The largest absolute Gasteiger partial charge is 0.387 e. The number of carbonyl (C=O) groups excluding carboxylic acids is 2. The normalized spacial score (nSPS) is 29.1. The van der Waals surface area contributed by atoms with Crippen molar-refractivity contribution >= 4 is 11.9 Å². The molecule has 0 unspecified atom stereocenters. The van der Waals surface area contributed by atoms with Gasteiger partial charge in [-0.2, -0.15) is 0 Å². The number of ether oxygens (including phenoxy) is 2. The van der Waals surface area contributed by atoms with Gasteiger partial charge in [-0.05, 0) is 33.6 Å². The molecule has 0 aliphatic carbocycles. The number of hydrogen-bond acceptors (Lipinski definition) is 6. The first-order chi connectivity index (χ1) is 12.8. The summed E-state index contributed by atoms with van der Waals surface area (Å²) in [6.45, 7) is 6.80. The van der Waals surface area contributed by atoms with Crippen molar-refractivity contribution in [2.75, 3.05) is 19.8 Å². The molecule has 2 saturated heterocycles. The maximum atomic E-state index is 11.9. The lowest BCUT2D eigenvalue weighted by Crippen LogP contribution is -2.56. The van der Waals surface area contributed by atoms with Crippen molar-refractivity contribution in [2.45, 2.75) is 64.6 Å². The summed E-state index contributed by atoms with van der Waals surface area (Å²) >= 11 is 0. The van der Waals surface area contributed by atoms with Gasteiger partial charge in [0.05, 0.1) is 13.2 Å². The highest BCUT2D eigenvalue weighted by molar-refractivity contribution is 5.96. The fourth-order valence-electron chi connectivity index (χ4n) is 3.02. The third-order valence-electron chi connectivity index (χ3n) is 4.65. The number of rotatable bonds is 8. The van der Waals surface area contributed by atoms with E-state index in [1.54, 1.807) is 0 Å². The molecule has 3 amide bonds. The van der Waals surface area contributed by atoms with Gasteiger partial charge in [0.1, 0.15) is 18.3 Å². The van der Waals surface area contributed by atoms with Gasteiger partial charge in [-0.1, -0.05) is 23.3 Å². The SMILES string of the molecule is CC(C)=CCC/C(C)=C/COC[C@@H]1O[C@H](N2CCC(=O)NC2=O)[C@@H](O)[C@H]1O. The van der Waals surface area contributed by atoms with E-state index in [2.05, 4.69) is 25.2 Å². The number of imide groups is 1. The van der Waals surface area contributed by atoms with Gasteiger partial charge in [0.15, 0.2) is 6.23 Å². The number of nitrogens with one attached hydrogen (secondary N) is 1. The van der Waals surface area contributed by atoms with E-state index in [-0.39, 0.29) is 25.5 Å². The zero-order valence-electron chi connectivity index (χ0n) is 16.2. The molecule has 0 radical (unpaired) electrons. The van der Waals surface area contributed by atoms with Gasteiger partial charge in [0.2, 0.25) is 5.91 Å². The van der Waals surface area contributed by atoms with Crippen LogP contribution in [0.1, 0.15) is 40.0 Å². The van der Waals surface area contributed by atoms with Crippen molar-refractivity contribution in [3.63, 3.8) is 0 Å². The van der Waals surface area contributed by atoms with Crippen LogP contribution < -0.4 is 5.32 Å². The van der Waals surface area contributed by atoms with Crippen LogP contribution in [0.3, 0.4) is 0 Å². The minimum absolute atomic E-state index is 0.0981. The highest BCUT2D eigenvalue weighted by Crippen LogP contribution is 2.25. The number of aliphatic hydroxyl groups is 2. The summed E-state index contributed by atoms with van der Waals surface area (Å²) in [6, 6.07) is -0.626. The summed E-state index contributed by atoms with van der Waals surface area (Å²) in [7, 11) is 0. The smallest absolute Gasteiger partial charge is 0.326 e. The maximum Gasteiger partial charge on any atom is 0.326 e. The second-order valence-electron chi connectivity index (χ2n) is 7.25. The summed E-state index contributed by atoms with van der Waals surface area (Å²) in [4.78, 5) is 24.3. The Morgan fingerprint density at radius 3 is 2.67 bits per heavy atom. The lowest BCUT2D eigenvalue weighted by molar-refractivity contribution is -0.126. The molecular formula is C19H30N2O6. The quantitative estimate of drug-likeness (QED) is 0.428. The van der Waals surface area contributed by atoms with Crippen LogP contribution in [0.5, 0.6) is 0 Å². The predicted molar refractivity (Wildman–Crippen MR) is 98.8 cm³/mol. The van der Waals surface area contributed by atoms with Crippen molar-refractivity contribution < 1.29 is 29.3 Å². The van der Waals surface area contributed by atoms with E-state index in [1.165, 1.54) is 16.0 Å². The Morgan fingerprint density at radius 2 is 2.00 bits per heavy atom. The first kappa shape index (κ1) is 21.6. The molecule has 2 aliphatic heterocycles. The van der Waals surface area contributed by atoms with E-state index in [1.807, 2.05) is 13.0 Å². The van der Waals surface area contributed by atoms with E-state index >= 15 is 0 Å². The minimum Gasteiger partial charge on any atom is -0.387 e.